The molecule has 1 aliphatic carbocycles. The first-order valence-electron chi connectivity index (χ1n) is 6.24. The molecule has 4 nitrogen and oxygen atoms in total. The maximum absolute atomic E-state index is 11.8. The topological polar surface area (TPSA) is 62.5 Å². The minimum atomic E-state index is -0.767. The first-order valence-corrected chi connectivity index (χ1v) is 7.04. The molecule has 0 aliphatic heterocycles. The zero-order chi connectivity index (χ0) is 13.2. The average Bonchev–Trinajstić information content (AvgIpc) is 2.73. The van der Waals surface area contributed by atoms with E-state index in [-0.39, 0.29) is 18.2 Å². The summed E-state index contributed by atoms with van der Waals surface area (Å²) in [5.74, 6) is 0.486. The quantitative estimate of drug-likeness (QED) is 0.901. The van der Waals surface area contributed by atoms with Gasteiger partial charge in [0.25, 0.3) is 5.91 Å². The van der Waals surface area contributed by atoms with Crippen LogP contribution in [0.4, 0.5) is 0 Å². The van der Waals surface area contributed by atoms with Crippen molar-refractivity contribution in [2.75, 3.05) is 6.54 Å². The highest BCUT2D eigenvalue weighted by molar-refractivity contribution is 9.10. The standard InChI is InChI=1S/C13H18BrNO3/c1-9-3-2-6-13(17,7-9)8-15-12(16)10-4-5-11(14)18-10/h4-5,9,17H,2-3,6-8H2,1H3,(H,15,16). The predicted octanol–water partition coefficient (Wildman–Crippen LogP) is 2.71. The number of carbonyl (C=O) groups excluding carboxylic acids is 1. The van der Waals surface area contributed by atoms with Crippen LogP contribution in [0, 0.1) is 5.92 Å². The molecule has 18 heavy (non-hydrogen) atoms. The van der Waals surface area contributed by atoms with Crippen LogP contribution in [0.5, 0.6) is 0 Å². The second-order valence-corrected chi connectivity index (χ2v) is 5.99. The minimum Gasteiger partial charge on any atom is -0.444 e. The van der Waals surface area contributed by atoms with E-state index >= 15 is 0 Å². The van der Waals surface area contributed by atoms with Crippen molar-refractivity contribution >= 4 is 21.8 Å². The minimum absolute atomic E-state index is 0.259. The van der Waals surface area contributed by atoms with Crippen LogP contribution in [-0.2, 0) is 0 Å². The lowest BCUT2D eigenvalue weighted by atomic mass is 9.79. The third-order valence-electron chi connectivity index (χ3n) is 3.44. The molecule has 0 bridgehead atoms. The summed E-state index contributed by atoms with van der Waals surface area (Å²) in [6, 6.07) is 3.28. The number of rotatable bonds is 3. The Morgan fingerprint density at radius 1 is 1.67 bits per heavy atom. The van der Waals surface area contributed by atoms with Gasteiger partial charge >= 0.3 is 0 Å². The average molecular weight is 316 g/mol. The molecule has 1 heterocycles. The van der Waals surface area contributed by atoms with Gasteiger partial charge in [-0.05, 0) is 46.8 Å². The van der Waals surface area contributed by atoms with Gasteiger partial charge in [-0.3, -0.25) is 4.79 Å². The van der Waals surface area contributed by atoms with E-state index in [2.05, 4.69) is 28.2 Å². The molecule has 2 rings (SSSR count). The second kappa shape index (κ2) is 5.45. The van der Waals surface area contributed by atoms with Gasteiger partial charge in [0, 0.05) is 6.54 Å². The molecule has 1 aromatic heterocycles. The van der Waals surface area contributed by atoms with E-state index < -0.39 is 5.60 Å². The van der Waals surface area contributed by atoms with Gasteiger partial charge in [-0.2, -0.15) is 0 Å². The van der Waals surface area contributed by atoms with Crippen LogP contribution in [0.2, 0.25) is 0 Å². The molecule has 1 fully saturated rings. The fraction of sp³-hybridized carbons (Fsp3) is 0.615. The van der Waals surface area contributed by atoms with Crippen molar-refractivity contribution in [3.05, 3.63) is 22.6 Å². The number of furan rings is 1. The van der Waals surface area contributed by atoms with Crippen molar-refractivity contribution < 1.29 is 14.3 Å². The summed E-state index contributed by atoms with van der Waals surface area (Å²) in [5, 5.41) is 13.1. The largest absolute Gasteiger partial charge is 0.444 e. The summed E-state index contributed by atoms with van der Waals surface area (Å²) in [4.78, 5) is 11.8. The number of nitrogens with one attached hydrogen (secondary N) is 1. The molecule has 2 atom stereocenters. The molecule has 1 aromatic rings. The number of amides is 1. The third-order valence-corrected chi connectivity index (χ3v) is 3.87. The van der Waals surface area contributed by atoms with Crippen LogP contribution < -0.4 is 5.32 Å². The molecule has 1 saturated carbocycles. The van der Waals surface area contributed by atoms with E-state index in [0.717, 1.165) is 25.7 Å². The summed E-state index contributed by atoms with van der Waals surface area (Å²) < 4.78 is 5.69. The Bertz CT molecular complexity index is 432. The van der Waals surface area contributed by atoms with Gasteiger partial charge in [-0.1, -0.05) is 19.8 Å². The van der Waals surface area contributed by atoms with Crippen molar-refractivity contribution in [1.82, 2.24) is 5.32 Å². The van der Waals surface area contributed by atoms with Gasteiger partial charge in [-0.25, -0.2) is 0 Å². The molecule has 100 valence electrons. The van der Waals surface area contributed by atoms with E-state index in [1.807, 2.05) is 0 Å². The Balaban J connectivity index is 1.89. The highest BCUT2D eigenvalue weighted by atomic mass is 79.9. The lowest BCUT2D eigenvalue weighted by Crippen LogP contribution is -2.45. The lowest BCUT2D eigenvalue weighted by molar-refractivity contribution is -0.0111. The van der Waals surface area contributed by atoms with E-state index in [9.17, 15) is 9.90 Å². The number of carbonyl (C=O) groups is 1. The van der Waals surface area contributed by atoms with Gasteiger partial charge in [0.1, 0.15) is 0 Å². The van der Waals surface area contributed by atoms with E-state index in [1.165, 1.54) is 0 Å². The number of halogens is 1. The molecule has 2 N–H and O–H groups in total. The second-order valence-electron chi connectivity index (χ2n) is 5.21. The van der Waals surface area contributed by atoms with Crippen LogP contribution in [-0.4, -0.2) is 23.2 Å². The Morgan fingerprint density at radius 2 is 2.44 bits per heavy atom. The van der Waals surface area contributed by atoms with Gasteiger partial charge in [0.2, 0.25) is 0 Å². The predicted molar refractivity (Wildman–Crippen MR) is 71.3 cm³/mol. The number of aliphatic hydroxyl groups is 1. The Kier molecular flexibility index (Phi) is 4.12. The normalized spacial score (nSPS) is 28.1. The molecule has 1 amide bonds. The maximum atomic E-state index is 11.8. The van der Waals surface area contributed by atoms with Crippen LogP contribution >= 0.6 is 15.9 Å². The van der Waals surface area contributed by atoms with Crippen LogP contribution in [0.1, 0.15) is 43.2 Å². The first-order chi connectivity index (χ1) is 8.48. The molecule has 0 saturated heterocycles. The van der Waals surface area contributed by atoms with E-state index in [0.29, 0.717) is 10.6 Å². The summed E-state index contributed by atoms with van der Waals surface area (Å²) >= 11 is 3.15. The van der Waals surface area contributed by atoms with Crippen LogP contribution in [0.3, 0.4) is 0 Å². The Morgan fingerprint density at radius 3 is 3.06 bits per heavy atom. The molecule has 0 radical (unpaired) electrons. The van der Waals surface area contributed by atoms with Crippen LogP contribution in [0.15, 0.2) is 21.2 Å². The zero-order valence-electron chi connectivity index (χ0n) is 10.4. The Hall–Kier alpha value is -0.810. The highest BCUT2D eigenvalue weighted by Crippen LogP contribution is 2.31. The number of hydrogen-bond acceptors (Lipinski definition) is 3. The van der Waals surface area contributed by atoms with Gasteiger partial charge in [0.15, 0.2) is 10.4 Å². The summed E-state index contributed by atoms with van der Waals surface area (Å²) in [6.07, 6.45) is 3.66. The smallest absolute Gasteiger partial charge is 0.287 e. The molecule has 2 unspecified atom stereocenters. The van der Waals surface area contributed by atoms with Gasteiger partial charge in [-0.15, -0.1) is 0 Å². The summed E-state index contributed by atoms with van der Waals surface area (Å²) in [5.41, 5.74) is -0.767. The summed E-state index contributed by atoms with van der Waals surface area (Å²) in [6.45, 7) is 2.42. The molecule has 1 aliphatic rings. The van der Waals surface area contributed by atoms with E-state index in [1.54, 1.807) is 12.1 Å². The molecule has 5 heteroatoms. The highest BCUT2D eigenvalue weighted by Gasteiger charge is 2.33. The first kappa shape index (κ1) is 13.6. The van der Waals surface area contributed by atoms with Gasteiger partial charge < -0.3 is 14.8 Å². The monoisotopic (exact) mass is 315 g/mol. The van der Waals surface area contributed by atoms with Crippen molar-refractivity contribution in [2.45, 2.75) is 38.2 Å². The van der Waals surface area contributed by atoms with Crippen molar-refractivity contribution in [3.63, 3.8) is 0 Å². The molecule has 0 aromatic carbocycles. The van der Waals surface area contributed by atoms with Crippen molar-refractivity contribution in [3.8, 4) is 0 Å². The molecular formula is C13H18BrNO3. The van der Waals surface area contributed by atoms with E-state index in [4.69, 9.17) is 4.42 Å². The van der Waals surface area contributed by atoms with Gasteiger partial charge in [0.05, 0.1) is 5.60 Å². The zero-order valence-corrected chi connectivity index (χ0v) is 12.0. The molecule has 0 spiro atoms. The molecular weight excluding hydrogens is 298 g/mol. The Labute approximate surface area is 115 Å². The third kappa shape index (κ3) is 3.36. The summed E-state index contributed by atoms with van der Waals surface area (Å²) in [7, 11) is 0. The SMILES string of the molecule is CC1CCCC(O)(CNC(=O)c2ccc(Br)o2)C1. The van der Waals surface area contributed by atoms with Crippen molar-refractivity contribution in [2.24, 2.45) is 5.92 Å². The fourth-order valence-electron chi connectivity index (χ4n) is 2.56. The van der Waals surface area contributed by atoms with Crippen LogP contribution in [0.25, 0.3) is 0 Å². The lowest BCUT2D eigenvalue weighted by Gasteiger charge is -2.35. The fourth-order valence-corrected chi connectivity index (χ4v) is 2.87. The number of hydrogen-bond donors (Lipinski definition) is 2. The maximum Gasteiger partial charge on any atom is 0.287 e. The van der Waals surface area contributed by atoms with Crippen molar-refractivity contribution in [1.29, 1.82) is 0 Å².